The summed E-state index contributed by atoms with van der Waals surface area (Å²) in [7, 11) is 0. The van der Waals surface area contributed by atoms with E-state index in [4.69, 9.17) is 10.5 Å². The minimum Gasteiger partial charge on any atom is -0.380 e. The van der Waals surface area contributed by atoms with Gasteiger partial charge in [0.05, 0.1) is 6.61 Å². The maximum Gasteiger partial charge on any atom is 0.0640 e. The highest BCUT2D eigenvalue weighted by atomic mass is 16.5. The van der Waals surface area contributed by atoms with E-state index in [2.05, 4.69) is 24.3 Å². The molecule has 0 bridgehead atoms. The van der Waals surface area contributed by atoms with Gasteiger partial charge in [-0.3, -0.25) is 0 Å². The zero-order valence-electron chi connectivity index (χ0n) is 9.70. The first-order chi connectivity index (χ1) is 7.08. The van der Waals surface area contributed by atoms with Crippen LogP contribution in [0.3, 0.4) is 0 Å². The molecule has 2 N–H and O–H groups in total. The van der Waals surface area contributed by atoms with Crippen LogP contribution in [0, 0.1) is 0 Å². The average molecular weight is 207 g/mol. The fourth-order valence-electron chi connectivity index (χ4n) is 1.36. The third-order valence-electron chi connectivity index (χ3n) is 2.07. The van der Waals surface area contributed by atoms with Crippen LogP contribution in [0.2, 0.25) is 0 Å². The van der Waals surface area contributed by atoms with Crippen LogP contribution in [0.4, 0.5) is 0 Å². The summed E-state index contributed by atoms with van der Waals surface area (Å²) in [5.41, 5.74) is 6.96. The zero-order chi connectivity index (χ0) is 11.1. The standard InChI is InChI=1S/C13H21NO/c1-13(2,14)11-15-10-6-9-12-7-4-3-5-8-12/h3-5,7-8H,6,9-11,14H2,1-2H3. The number of rotatable bonds is 6. The van der Waals surface area contributed by atoms with Gasteiger partial charge < -0.3 is 10.5 Å². The molecule has 0 fully saturated rings. The molecule has 0 aliphatic carbocycles. The molecule has 0 saturated heterocycles. The minimum absolute atomic E-state index is 0.216. The van der Waals surface area contributed by atoms with E-state index >= 15 is 0 Å². The van der Waals surface area contributed by atoms with Crippen molar-refractivity contribution in [3.8, 4) is 0 Å². The summed E-state index contributed by atoms with van der Waals surface area (Å²) in [6.07, 6.45) is 2.13. The lowest BCUT2D eigenvalue weighted by atomic mass is 10.1. The number of hydrogen-bond acceptors (Lipinski definition) is 2. The van der Waals surface area contributed by atoms with E-state index in [-0.39, 0.29) is 5.54 Å². The monoisotopic (exact) mass is 207 g/mol. The van der Waals surface area contributed by atoms with Crippen molar-refractivity contribution in [3.63, 3.8) is 0 Å². The van der Waals surface area contributed by atoms with Crippen LogP contribution in [0.25, 0.3) is 0 Å². The molecule has 2 heteroatoms. The summed E-state index contributed by atoms with van der Waals surface area (Å²) in [5.74, 6) is 0. The summed E-state index contributed by atoms with van der Waals surface area (Å²) < 4.78 is 5.49. The second-order valence-corrected chi connectivity index (χ2v) is 4.63. The van der Waals surface area contributed by atoms with Gasteiger partial charge in [-0.05, 0) is 32.3 Å². The van der Waals surface area contributed by atoms with Gasteiger partial charge in [0.25, 0.3) is 0 Å². The normalized spacial score (nSPS) is 11.7. The van der Waals surface area contributed by atoms with Crippen molar-refractivity contribution in [3.05, 3.63) is 35.9 Å². The molecule has 0 radical (unpaired) electrons. The summed E-state index contributed by atoms with van der Waals surface area (Å²) in [4.78, 5) is 0. The molecule has 1 aromatic carbocycles. The molecule has 84 valence electrons. The Morgan fingerprint density at radius 2 is 1.87 bits per heavy atom. The van der Waals surface area contributed by atoms with Gasteiger partial charge >= 0.3 is 0 Å². The SMILES string of the molecule is CC(C)(N)COCCCc1ccccc1. The third kappa shape index (κ3) is 6.26. The molecule has 0 aliphatic rings. The fraction of sp³-hybridized carbons (Fsp3) is 0.538. The van der Waals surface area contributed by atoms with Crippen molar-refractivity contribution in [2.45, 2.75) is 32.2 Å². The first-order valence-corrected chi connectivity index (χ1v) is 5.48. The lowest BCUT2D eigenvalue weighted by Crippen LogP contribution is -2.37. The van der Waals surface area contributed by atoms with Crippen LogP contribution in [-0.2, 0) is 11.2 Å². The van der Waals surface area contributed by atoms with Gasteiger partial charge in [0.1, 0.15) is 0 Å². The molecule has 0 unspecified atom stereocenters. The molecule has 0 amide bonds. The Kier molecular flexibility index (Phi) is 4.79. The predicted molar refractivity (Wildman–Crippen MR) is 63.8 cm³/mol. The lowest BCUT2D eigenvalue weighted by molar-refractivity contribution is 0.0955. The number of nitrogens with two attached hydrogens (primary N) is 1. The summed E-state index contributed by atoms with van der Waals surface area (Å²) in [6, 6.07) is 10.5. The van der Waals surface area contributed by atoms with Crippen LogP contribution in [0.1, 0.15) is 25.8 Å². The van der Waals surface area contributed by atoms with Gasteiger partial charge in [-0.2, -0.15) is 0 Å². The second kappa shape index (κ2) is 5.89. The largest absolute Gasteiger partial charge is 0.380 e. The molecule has 0 atom stereocenters. The van der Waals surface area contributed by atoms with Gasteiger partial charge in [0.15, 0.2) is 0 Å². The smallest absolute Gasteiger partial charge is 0.0640 e. The molecule has 0 aromatic heterocycles. The van der Waals surface area contributed by atoms with Crippen molar-refractivity contribution in [1.82, 2.24) is 0 Å². The van der Waals surface area contributed by atoms with Crippen molar-refractivity contribution in [2.24, 2.45) is 5.73 Å². The van der Waals surface area contributed by atoms with Gasteiger partial charge in [0, 0.05) is 12.1 Å². The minimum atomic E-state index is -0.216. The lowest BCUT2D eigenvalue weighted by Gasteiger charge is -2.18. The average Bonchev–Trinajstić information content (AvgIpc) is 2.17. The maximum atomic E-state index is 5.80. The van der Waals surface area contributed by atoms with Crippen LogP contribution < -0.4 is 5.73 Å². The number of benzene rings is 1. The molecule has 0 heterocycles. The Labute approximate surface area is 92.4 Å². The highest BCUT2D eigenvalue weighted by molar-refractivity contribution is 5.14. The van der Waals surface area contributed by atoms with Crippen LogP contribution in [0.15, 0.2) is 30.3 Å². The molecular weight excluding hydrogens is 186 g/mol. The Morgan fingerprint density at radius 1 is 1.20 bits per heavy atom. The number of hydrogen-bond donors (Lipinski definition) is 1. The fourth-order valence-corrected chi connectivity index (χ4v) is 1.36. The highest BCUT2D eigenvalue weighted by Gasteiger charge is 2.09. The molecule has 1 rings (SSSR count). The Balaban J connectivity index is 2.08. The summed E-state index contributed by atoms with van der Waals surface area (Å²) in [6.45, 7) is 5.37. The van der Waals surface area contributed by atoms with Crippen molar-refractivity contribution < 1.29 is 4.74 Å². The van der Waals surface area contributed by atoms with Gasteiger partial charge in [-0.15, -0.1) is 0 Å². The second-order valence-electron chi connectivity index (χ2n) is 4.63. The summed E-state index contributed by atoms with van der Waals surface area (Å²) >= 11 is 0. The molecule has 0 aliphatic heterocycles. The molecular formula is C13H21NO. The first kappa shape index (κ1) is 12.2. The molecule has 15 heavy (non-hydrogen) atoms. The van der Waals surface area contributed by atoms with Crippen molar-refractivity contribution >= 4 is 0 Å². The predicted octanol–water partition coefficient (Wildman–Crippen LogP) is 2.37. The zero-order valence-corrected chi connectivity index (χ0v) is 9.70. The van der Waals surface area contributed by atoms with E-state index < -0.39 is 0 Å². The van der Waals surface area contributed by atoms with Gasteiger partial charge in [-0.1, -0.05) is 30.3 Å². The molecule has 2 nitrogen and oxygen atoms in total. The van der Waals surface area contributed by atoms with Crippen LogP contribution in [-0.4, -0.2) is 18.8 Å². The van der Waals surface area contributed by atoms with E-state index in [1.807, 2.05) is 19.9 Å². The Morgan fingerprint density at radius 3 is 2.47 bits per heavy atom. The Hall–Kier alpha value is -0.860. The number of ether oxygens (including phenoxy) is 1. The first-order valence-electron chi connectivity index (χ1n) is 5.48. The quantitative estimate of drug-likeness (QED) is 0.727. The van der Waals surface area contributed by atoms with E-state index in [1.54, 1.807) is 0 Å². The van der Waals surface area contributed by atoms with Gasteiger partial charge in [-0.25, -0.2) is 0 Å². The molecule has 0 spiro atoms. The van der Waals surface area contributed by atoms with Crippen molar-refractivity contribution in [2.75, 3.05) is 13.2 Å². The van der Waals surface area contributed by atoms with Crippen LogP contribution >= 0.6 is 0 Å². The molecule has 1 aromatic rings. The maximum absolute atomic E-state index is 5.80. The van der Waals surface area contributed by atoms with E-state index in [0.29, 0.717) is 6.61 Å². The van der Waals surface area contributed by atoms with E-state index in [0.717, 1.165) is 19.4 Å². The number of aryl methyl sites for hydroxylation is 1. The topological polar surface area (TPSA) is 35.2 Å². The Bertz CT molecular complexity index is 264. The summed E-state index contributed by atoms with van der Waals surface area (Å²) in [5, 5.41) is 0. The van der Waals surface area contributed by atoms with E-state index in [1.165, 1.54) is 5.56 Å². The van der Waals surface area contributed by atoms with Crippen molar-refractivity contribution in [1.29, 1.82) is 0 Å². The van der Waals surface area contributed by atoms with E-state index in [9.17, 15) is 0 Å². The molecule has 0 saturated carbocycles. The highest BCUT2D eigenvalue weighted by Crippen LogP contribution is 2.03. The van der Waals surface area contributed by atoms with Crippen LogP contribution in [0.5, 0.6) is 0 Å². The third-order valence-corrected chi connectivity index (χ3v) is 2.07. The van der Waals surface area contributed by atoms with Gasteiger partial charge in [0.2, 0.25) is 0 Å².